The van der Waals surface area contributed by atoms with Gasteiger partial charge in [0.2, 0.25) is 0 Å². The van der Waals surface area contributed by atoms with E-state index in [9.17, 15) is 4.79 Å². The summed E-state index contributed by atoms with van der Waals surface area (Å²) in [6.07, 6.45) is 0. The molecule has 1 saturated heterocycles. The fourth-order valence-electron chi connectivity index (χ4n) is 0.492. The van der Waals surface area contributed by atoms with Gasteiger partial charge in [0.05, 0.1) is 0 Å². The van der Waals surface area contributed by atoms with Crippen molar-refractivity contribution in [3.05, 3.63) is 0 Å². The molecule has 1 heterocycles. The zero-order chi connectivity index (χ0) is 5.44. The summed E-state index contributed by atoms with van der Waals surface area (Å²) in [6.45, 7) is 0.718. The molecule has 0 radical (unpaired) electrons. The molecular formula is C4H7NO2. The molecule has 0 bridgehead atoms. The fraction of sp³-hybridized carbons (Fsp3) is 0.750. The number of nitrogens with zero attached hydrogens (tertiary/aromatic N) is 1. The lowest BCUT2D eigenvalue weighted by atomic mass is 10.5. The van der Waals surface area contributed by atoms with Crippen molar-refractivity contribution in [3.63, 3.8) is 0 Å². The molecule has 1 fully saturated rings. The molecule has 0 spiro atoms. The SMILES string of the molecule is CN1C[C@H]1C(=O)O. The Morgan fingerprint density at radius 3 is 2.43 bits per heavy atom. The zero-order valence-electron chi connectivity index (χ0n) is 4.09. The lowest BCUT2D eigenvalue weighted by Gasteiger charge is -1.82. The lowest BCUT2D eigenvalue weighted by Crippen LogP contribution is -2.08. The topological polar surface area (TPSA) is 40.3 Å². The largest absolute Gasteiger partial charge is 0.480 e. The van der Waals surface area contributed by atoms with Gasteiger partial charge in [-0.2, -0.15) is 0 Å². The van der Waals surface area contributed by atoms with Gasteiger partial charge in [-0.1, -0.05) is 0 Å². The second-order valence-corrected chi connectivity index (χ2v) is 1.79. The lowest BCUT2D eigenvalue weighted by molar-refractivity contribution is -0.137. The van der Waals surface area contributed by atoms with Crippen molar-refractivity contribution >= 4 is 5.97 Å². The number of likely N-dealkylation sites (N-methyl/N-ethyl adjacent to an activating group) is 1. The number of hydrogen-bond acceptors (Lipinski definition) is 2. The average Bonchev–Trinajstić information content (AvgIpc) is 2.17. The summed E-state index contributed by atoms with van der Waals surface area (Å²) in [5.41, 5.74) is 0. The first-order valence-electron chi connectivity index (χ1n) is 2.15. The van der Waals surface area contributed by atoms with E-state index >= 15 is 0 Å². The third-order valence-electron chi connectivity index (χ3n) is 1.14. The van der Waals surface area contributed by atoms with Crippen molar-refractivity contribution in [2.75, 3.05) is 13.6 Å². The molecule has 1 aliphatic heterocycles. The van der Waals surface area contributed by atoms with Crippen LogP contribution >= 0.6 is 0 Å². The molecule has 0 saturated carbocycles. The third kappa shape index (κ3) is 0.718. The van der Waals surface area contributed by atoms with Crippen molar-refractivity contribution in [2.24, 2.45) is 0 Å². The summed E-state index contributed by atoms with van der Waals surface area (Å²) < 4.78 is 0. The van der Waals surface area contributed by atoms with E-state index in [1.54, 1.807) is 11.9 Å². The van der Waals surface area contributed by atoms with Gasteiger partial charge >= 0.3 is 5.97 Å². The number of rotatable bonds is 1. The Morgan fingerprint density at radius 1 is 2.00 bits per heavy atom. The predicted molar refractivity (Wildman–Crippen MR) is 24.1 cm³/mol. The van der Waals surface area contributed by atoms with E-state index in [1.165, 1.54) is 0 Å². The monoisotopic (exact) mass is 101 g/mol. The van der Waals surface area contributed by atoms with Crippen molar-refractivity contribution in [3.8, 4) is 0 Å². The maximum Gasteiger partial charge on any atom is 0.322 e. The molecule has 0 amide bonds. The molecule has 1 N–H and O–H groups in total. The molecule has 3 nitrogen and oxygen atoms in total. The number of carboxylic acid groups (broad SMARTS) is 1. The van der Waals surface area contributed by atoms with E-state index in [0.29, 0.717) is 0 Å². The second-order valence-electron chi connectivity index (χ2n) is 1.79. The van der Waals surface area contributed by atoms with Crippen LogP contribution in [0.2, 0.25) is 0 Å². The van der Waals surface area contributed by atoms with Gasteiger partial charge in [-0.05, 0) is 7.05 Å². The average molecular weight is 101 g/mol. The van der Waals surface area contributed by atoms with Crippen molar-refractivity contribution < 1.29 is 9.90 Å². The van der Waals surface area contributed by atoms with Crippen molar-refractivity contribution in [2.45, 2.75) is 6.04 Å². The molecule has 1 aliphatic rings. The van der Waals surface area contributed by atoms with Crippen LogP contribution in [0.15, 0.2) is 0 Å². The van der Waals surface area contributed by atoms with E-state index < -0.39 is 5.97 Å². The highest BCUT2D eigenvalue weighted by Gasteiger charge is 2.36. The zero-order valence-corrected chi connectivity index (χ0v) is 4.09. The van der Waals surface area contributed by atoms with Crippen LogP contribution in [0.4, 0.5) is 0 Å². The highest BCUT2D eigenvalue weighted by atomic mass is 16.4. The van der Waals surface area contributed by atoms with E-state index in [1.807, 2.05) is 0 Å². The molecular weight excluding hydrogens is 94.0 g/mol. The van der Waals surface area contributed by atoms with Gasteiger partial charge in [-0.25, -0.2) is 0 Å². The maximum atomic E-state index is 9.93. The summed E-state index contributed by atoms with van der Waals surface area (Å²) in [7, 11) is 1.79. The van der Waals surface area contributed by atoms with Crippen LogP contribution < -0.4 is 0 Å². The first kappa shape index (κ1) is 4.59. The summed E-state index contributed by atoms with van der Waals surface area (Å²) >= 11 is 0. The quantitative estimate of drug-likeness (QED) is 0.448. The van der Waals surface area contributed by atoms with E-state index in [4.69, 9.17) is 5.11 Å². The van der Waals surface area contributed by atoms with Gasteiger partial charge in [0, 0.05) is 6.54 Å². The summed E-state index contributed by atoms with van der Waals surface area (Å²) in [5, 5.41) is 8.18. The molecule has 0 aromatic carbocycles. The molecule has 40 valence electrons. The molecule has 1 unspecified atom stereocenters. The fourth-order valence-corrected chi connectivity index (χ4v) is 0.492. The predicted octanol–water partition coefficient (Wildman–Crippen LogP) is -0.615. The molecule has 0 aliphatic carbocycles. The minimum absolute atomic E-state index is 0.181. The summed E-state index contributed by atoms with van der Waals surface area (Å²) in [5.74, 6) is -0.706. The first-order valence-corrected chi connectivity index (χ1v) is 2.15. The molecule has 7 heavy (non-hydrogen) atoms. The van der Waals surface area contributed by atoms with Gasteiger partial charge in [-0.3, -0.25) is 9.69 Å². The van der Waals surface area contributed by atoms with Gasteiger partial charge < -0.3 is 5.11 Å². The van der Waals surface area contributed by atoms with Crippen molar-refractivity contribution in [1.82, 2.24) is 4.90 Å². The molecule has 3 heteroatoms. The Morgan fingerprint density at radius 2 is 2.43 bits per heavy atom. The molecule has 0 aromatic rings. The second kappa shape index (κ2) is 1.20. The Hall–Kier alpha value is -0.570. The Bertz CT molecular complexity index is 102. The Balaban J connectivity index is 2.33. The van der Waals surface area contributed by atoms with Gasteiger partial charge in [0.15, 0.2) is 0 Å². The van der Waals surface area contributed by atoms with E-state index in [2.05, 4.69) is 0 Å². The highest BCUT2D eigenvalue weighted by molar-refractivity contribution is 5.76. The molecule has 2 atom stereocenters. The minimum atomic E-state index is -0.706. The molecule has 1 rings (SSSR count). The normalized spacial score (nSPS) is 37.9. The number of aliphatic carboxylic acids is 1. The minimum Gasteiger partial charge on any atom is -0.480 e. The van der Waals surface area contributed by atoms with E-state index in [0.717, 1.165) is 6.54 Å². The van der Waals surface area contributed by atoms with Gasteiger partial charge in [-0.15, -0.1) is 0 Å². The van der Waals surface area contributed by atoms with Gasteiger partial charge in [0.25, 0.3) is 0 Å². The van der Waals surface area contributed by atoms with Crippen LogP contribution in [-0.4, -0.2) is 35.6 Å². The number of hydrogen-bond donors (Lipinski definition) is 1. The standard InChI is InChI=1S/C4H7NO2/c1-5-2-3(5)4(6)7/h3H,2H2,1H3,(H,6,7)/t3-,5?/m0/s1. The van der Waals surface area contributed by atoms with Gasteiger partial charge in [0.1, 0.15) is 6.04 Å². The highest BCUT2D eigenvalue weighted by Crippen LogP contribution is 2.11. The first-order chi connectivity index (χ1) is 3.22. The van der Waals surface area contributed by atoms with Crippen LogP contribution in [0, 0.1) is 0 Å². The Kier molecular flexibility index (Phi) is 0.785. The number of carbonyl (C=O) groups is 1. The van der Waals surface area contributed by atoms with Crippen LogP contribution in [0.3, 0.4) is 0 Å². The molecule has 0 aromatic heterocycles. The van der Waals surface area contributed by atoms with Crippen LogP contribution in [0.1, 0.15) is 0 Å². The van der Waals surface area contributed by atoms with Crippen molar-refractivity contribution in [1.29, 1.82) is 0 Å². The smallest absolute Gasteiger partial charge is 0.322 e. The number of carboxylic acids is 1. The third-order valence-corrected chi connectivity index (χ3v) is 1.14. The Labute approximate surface area is 41.5 Å². The summed E-state index contributed by atoms with van der Waals surface area (Å²) in [6, 6.07) is -0.181. The van der Waals surface area contributed by atoms with Crippen LogP contribution in [-0.2, 0) is 4.79 Å². The van der Waals surface area contributed by atoms with E-state index in [-0.39, 0.29) is 6.04 Å². The van der Waals surface area contributed by atoms with Crippen LogP contribution in [0.25, 0.3) is 0 Å². The van der Waals surface area contributed by atoms with Crippen LogP contribution in [0.5, 0.6) is 0 Å². The maximum absolute atomic E-state index is 9.93. The summed E-state index contributed by atoms with van der Waals surface area (Å²) in [4.78, 5) is 11.7.